The number of carbonyl (C=O) groups is 2. The lowest BCUT2D eigenvalue weighted by atomic mass is 10.0. The van der Waals surface area contributed by atoms with Crippen molar-refractivity contribution < 1.29 is 18.7 Å². The van der Waals surface area contributed by atoms with Crippen LogP contribution in [-0.4, -0.2) is 33.4 Å². The van der Waals surface area contributed by atoms with E-state index in [1.807, 2.05) is 0 Å². The predicted octanol–water partition coefficient (Wildman–Crippen LogP) is 3.86. The summed E-state index contributed by atoms with van der Waals surface area (Å²) in [6.45, 7) is 0. The topological polar surface area (TPSA) is 143 Å². The van der Waals surface area contributed by atoms with Crippen molar-refractivity contribution in [3.05, 3.63) is 83.0 Å². The summed E-state index contributed by atoms with van der Waals surface area (Å²) < 4.78 is 18.9. The van der Waals surface area contributed by atoms with Crippen molar-refractivity contribution in [1.82, 2.24) is 15.3 Å². The van der Waals surface area contributed by atoms with E-state index in [4.69, 9.17) is 27.5 Å². The minimum atomic E-state index is -0.813. The summed E-state index contributed by atoms with van der Waals surface area (Å²) in [4.78, 5) is 33.9. The van der Waals surface area contributed by atoms with E-state index in [0.29, 0.717) is 11.5 Å². The molecule has 0 aliphatic heterocycles. The van der Waals surface area contributed by atoms with Gasteiger partial charge in [0.1, 0.15) is 39.5 Å². The zero-order valence-electron chi connectivity index (χ0n) is 18.2. The number of amides is 1. The van der Waals surface area contributed by atoms with Gasteiger partial charge in [0, 0.05) is 30.1 Å². The Morgan fingerprint density at radius 2 is 1.89 bits per heavy atom. The molecule has 1 saturated carbocycles. The standard InChI is InChI=1S/C24H20ClFN6O3/c25-20-18(9-10-29-23(20)28)35-16-7-8-19(31-11-16)32-24(34)17(12-30-15-5-6-15)22(33)21(27)13-1-3-14(26)4-2-13/h1-4,7-12,15,27,30H,5-6H2,(H2,28,29)(H,31,32,34)/b17-12+,27-21?. The van der Waals surface area contributed by atoms with Crippen LogP contribution in [0.1, 0.15) is 18.4 Å². The number of rotatable bonds is 9. The first-order valence-corrected chi connectivity index (χ1v) is 10.9. The van der Waals surface area contributed by atoms with Gasteiger partial charge >= 0.3 is 0 Å². The molecule has 9 nitrogen and oxygen atoms in total. The highest BCUT2D eigenvalue weighted by Gasteiger charge is 2.26. The molecule has 1 aliphatic rings. The molecule has 5 N–H and O–H groups in total. The molecule has 0 unspecified atom stereocenters. The molecule has 1 fully saturated rings. The van der Waals surface area contributed by atoms with E-state index in [9.17, 15) is 14.0 Å². The highest BCUT2D eigenvalue weighted by molar-refractivity contribution is 6.55. The monoisotopic (exact) mass is 494 g/mol. The third-order valence-electron chi connectivity index (χ3n) is 4.98. The largest absolute Gasteiger partial charge is 0.454 e. The van der Waals surface area contributed by atoms with Gasteiger partial charge in [-0.3, -0.25) is 15.0 Å². The van der Waals surface area contributed by atoms with Gasteiger partial charge in [-0.05, 0) is 49.2 Å². The van der Waals surface area contributed by atoms with E-state index in [2.05, 4.69) is 20.6 Å². The minimum Gasteiger partial charge on any atom is -0.454 e. The maximum atomic E-state index is 13.2. The van der Waals surface area contributed by atoms with E-state index in [0.717, 1.165) is 25.0 Å². The summed E-state index contributed by atoms with van der Waals surface area (Å²) in [7, 11) is 0. The van der Waals surface area contributed by atoms with Gasteiger partial charge < -0.3 is 21.1 Å². The molecule has 35 heavy (non-hydrogen) atoms. The van der Waals surface area contributed by atoms with Crippen LogP contribution >= 0.6 is 11.6 Å². The van der Waals surface area contributed by atoms with Crippen LogP contribution in [0.4, 0.5) is 16.0 Å². The Hall–Kier alpha value is -4.31. The number of carbonyl (C=O) groups excluding carboxylic acids is 2. The second kappa shape index (κ2) is 10.3. The molecule has 0 bridgehead atoms. The Kier molecular flexibility index (Phi) is 7.02. The molecule has 178 valence electrons. The molecule has 0 saturated heterocycles. The van der Waals surface area contributed by atoms with Crippen molar-refractivity contribution in [2.24, 2.45) is 0 Å². The lowest BCUT2D eigenvalue weighted by Crippen LogP contribution is -2.28. The van der Waals surface area contributed by atoms with Crippen LogP contribution in [0.5, 0.6) is 11.5 Å². The van der Waals surface area contributed by atoms with E-state index < -0.39 is 23.2 Å². The quantitative estimate of drug-likeness (QED) is 0.153. The molecule has 1 amide bonds. The number of hydrogen-bond acceptors (Lipinski definition) is 8. The highest BCUT2D eigenvalue weighted by Crippen LogP contribution is 2.32. The van der Waals surface area contributed by atoms with Crippen LogP contribution in [0.15, 0.2) is 66.6 Å². The Morgan fingerprint density at radius 1 is 1.14 bits per heavy atom. The summed E-state index contributed by atoms with van der Waals surface area (Å²) in [6, 6.07) is 9.64. The van der Waals surface area contributed by atoms with Crippen molar-refractivity contribution in [3.8, 4) is 11.5 Å². The van der Waals surface area contributed by atoms with Crippen LogP contribution in [0.2, 0.25) is 5.02 Å². The van der Waals surface area contributed by atoms with Crippen molar-refractivity contribution in [1.29, 1.82) is 5.41 Å². The predicted molar refractivity (Wildman–Crippen MR) is 129 cm³/mol. The number of nitrogen functional groups attached to an aromatic ring is 1. The van der Waals surface area contributed by atoms with Gasteiger partial charge in [-0.2, -0.15) is 0 Å². The van der Waals surface area contributed by atoms with Gasteiger partial charge in [0.15, 0.2) is 5.75 Å². The highest BCUT2D eigenvalue weighted by atomic mass is 35.5. The second-order valence-corrected chi connectivity index (χ2v) is 8.03. The summed E-state index contributed by atoms with van der Waals surface area (Å²) in [5, 5.41) is 13.9. The van der Waals surface area contributed by atoms with Crippen molar-refractivity contribution in [2.45, 2.75) is 18.9 Å². The Balaban J connectivity index is 1.48. The molecular weight excluding hydrogens is 475 g/mol. The Morgan fingerprint density at radius 3 is 2.54 bits per heavy atom. The molecule has 2 heterocycles. The molecule has 4 rings (SSSR count). The summed E-state index contributed by atoms with van der Waals surface area (Å²) in [5.74, 6) is -1.16. The van der Waals surface area contributed by atoms with Gasteiger partial charge in [0.25, 0.3) is 5.91 Å². The van der Waals surface area contributed by atoms with E-state index in [-0.39, 0.29) is 33.8 Å². The molecule has 3 aromatic rings. The molecular formula is C24H20ClFN6O3. The third kappa shape index (κ3) is 5.98. The first kappa shape index (κ1) is 23.8. The van der Waals surface area contributed by atoms with Gasteiger partial charge in [-0.15, -0.1) is 0 Å². The molecule has 1 aliphatic carbocycles. The zero-order valence-corrected chi connectivity index (χ0v) is 19.0. The number of Topliss-reactive ketones (excluding diaryl/α,β-unsaturated/α-hetero) is 1. The molecule has 2 aromatic heterocycles. The third-order valence-corrected chi connectivity index (χ3v) is 5.36. The van der Waals surface area contributed by atoms with Gasteiger partial charge in [-0.25, -0.2) is 14.4 Å². The minimum absolute atomic E-state index is 0.121. The fourth-order valence-corrected chi connectivity index (χ4v) is 3.06. The number of pyridine rings is 2. The maximum Gasteiger partial charge on any atom is 0.262 e. The summed E-state index contributed by atoms with van der Waals surface area (Å²) >= 11 is 6.07. The SMILES string of the molecule is N=C(C(=O)/C(=C\NC1CC1)C(=O)Nc1ccc(Oc2ccnc(N)c2Cl)cn1)c1ccc(F)cc1. The number of hydrogen-bond donors (Lipinski definition) is 4. The number of halogens is 2. The molecule has 11 heteroatoms. The maximum absolute atomic E-state index is 13.2. The van der Waals surface area contributed by atoms with Crippen LogP contribution in [0, 0.1) is 11.2 Å². The number of ether oxygens (including phenoxy) is 1. The number of nitrogens with two attached hydrogens (primary N) is 1. The molecule has 1 aromatic carbocycles. The average molecular weight is 495 g/mol. The first-order chi connectivity index (χ1) is 16.8. The second-order valence-electron chi connectivity index (χ2n) is 7.65. The Labute approximate surface area is 204 Å². The van der Waals surface area contributed by atoms with Crippen molar-refractivity contribution >= 4 is 40.6 Å². The van der Waals surface area contributed by atoms with E-state index in [1.165, 1.54) is 36.8 Å². The molecule has 0 spiro atoms. The lowest BCUT2D eigenvalue weighted by molar-refractivity contribution is -0.117. The normalized spacial score (nSPS) is 13.1. The fraction of sp³-hybridized carbons (Fsp3) is 0.125. The van der Waals surface area contributed by atoms with Crippen LogP contribution < -0.4 is 21.1 Å². The summed E-state index contributed by atoms with van der Waals surface area (Å²) in [5.41, 5.74) is 5.15. The summed E-state index contributed by atoms with van der Waals surface area (Å²) in [6.07, 6.45) is 5.95. The van der Waals surface area contributed by atoms with Crippen LogP contribution in [0.3, 0.4) is 0 Å². The first-order valence-electron chi connectivity index (χ1n) is 10.5. The van der Waals surface area contributed by atoms with Gasteiger partial charge in [-0.1, -0.05) is 11.6 Å². The van der Waals surface area contributed by atoms with Gasteiger partial charge in [0.2, 0.25) is 5.78 Å². The number of ketones is 1. The number of aromatic nitrogens is 2. The van der Waals surface area contributed by atoms with E-state index in [1.54, 1.807) is 12.1 Å². The number of nitrogens with one attached hydrogen (secondary N) is 3. The Bertz CT molecular complexity index is 1310. The molecule has 0 radical (unpaired) electrons. The van der Waals surface area contributed by atoms with Crippen molar-refractivity contribution in [2.75, 3.05) is 11.1 Å². The lowest BCUT2D eigenvalue weighted by Gasteiger charge is -2.11. The number of benzene rings is 1. The smallest absolute Gasteiger partial charge is 0.262 e. The van der Waals surface area contributed by atoms with Gasteiger partial charge in [0.05, 0.1) is 6.20 Å². The van der Waals surface area contributed by atoms with E-state index >= 15 is 0 Å². The fourth-order valence-electron chi connectivity index (χ4n) is 2.91. The number of nitrogens with zero attached hydrogens (tertiary/aromatic N) is 2. The van der Waals surface area contributed by atoms with Crippen LogP contribution in [0.25, 0.3) is 0 Å². The zero-order chi connectivity index (χ0) is 24.9. The molecule has 0 atom stereocenters. The number of anilines is 2. The van der Waals surface area contributed by atoms with Crippen LogP contribution in [-0.2, 0) is 9.59 Å². The van der Waals surface area contributed by atoms with Crippen molar-refractivity contribution in [3.63, 3.8) is 0 Å². The average Bonchev–Trinajstić information content (AvgIpc) is 3.68.